The van der Waals surface area contributed by atoms with E-state index in [2.05, 4.69) is 28.2 Å². The minimum atomic E-state index is -0.0706. The Morgan fingerprint density at radius 1 is 1.71 bits per heavy atom. The Kier molecular flexibility index (Phi) is 2.39. The monoisotopic (exact) mass is 257 g/mol. The normalized spacial score (nSPS) is 17.9. The van der Waals surface area contributed by atoms with E-state index in [-0.39, 0.29) is 5.91 Å². The van der Waals surface area contributed by atoms with Gasteiger partial charge >= 0.3 is 0 Å². The highest BCUT2D eigenvalue weighted by Gasteiger charge is 2.37. The summed E-state index contributed by atoms with van der Waals surface area (Å²) in [7, 11) is 0. The first kappa shape index (κ1) is 9.77. The summed E-state index contributed by atoms with van der Waals surface area (Å²) in [6.45, 7) is 2.93. The van der Waals surface area contributed by atoms with Crippen LogP contribution in [0.4, 0.5) is 0 Å². The lowest BCUT2D eigenvalue weighted by atomic mass is 10.1. The fourth-order valence-electron chi connectivity index (χ4n) is 1.23. The van der Waals surface area contributed by atoms with E-state index in [4.69, 9.17) is 4.42 Å². The Balaban J connectivity index is 1.93. The van der Waals surface area contributed by atoms with Crippen LogP contribution < -0.4 is 5.32 Å². The molecule has 1 N–H and O–H groups in total. The van der Waals surface area contributed by atoms with Crippen LogP contribution in [0.5, 0.6) is 0 Å². The molecule has 1 aromatic rings. The molecule has 0 bridgehead atoms. The molecule has 0 spiro atoms. The van der Waals surface area contributed by atoms with Crippen LogP contribution in [0.25, 0.3) is 0 Å². The number of amides is 1. The zero-order chi connectivity index (χ0) is 10.2. The molecule has 0 aromatic carbocycles. The molecule has 0 aliphatic heterocycles. The van der Waals surface area contributed by atoms with Gasteiger partial charge in [-0.05, 0) is 40.3 Å². The average Bonchev–Trinajstić information content (AvgIpc) is 2.72. The maximum atomic E-state index is 11.6. The first-order valence-corrected chi connectivity index (χ1v) is 5.41. The van der Waals surface area contributed by atoms with Gasteiger partial charge in [0.2, 0.25) is 0 Å². The topological polar surface area (TPSA) is 42.2 Å². The van der Waals surface area contributed by atoms with Gasteiger partial charge in [0.1, 0.15) is 0 Å². The summed E-state index contributed by atoms with van der Waals surface area (Å²) in [5, 5.41) is 2.90. The number of nitrogens with one attached hydrogen (secondary N) is 1. The summed E-state index contributed by atoms with van der Waals surface area (Å²) in [4.78, 5) is 11.6. The number of furan rings is 1. The third-order valence-corrected chi connectivity index (χ3v) is 3.26. The Hall–Kier alpha value is -0.770. The van der Waals surface area contributed by atoms with Crippen LogP contribution >= 0.6 is 15.9 Å². The van der Waals surface area contributed by atoms with Crippen molar-refractivity contribution in [2.75, 3.05) is 6.54 Å². The first-order chi connectivity index (χ1) is 6.61. The highest BCUT2D eigenvalue weighted by atomic mass is 79.9. The van der Waals surface area contributed by atoms with Crippen molar-refractivity contribution in [3.63, 3.8) is 0 Å². The summed E-state index contributed by atoms with van der Waals surface area (Å²) in [5.74, 6) is -0.0706. The van der Waals surface area contributed by atoms with Gasteiger partial charge in [0.15, 0.2) is 4.67 Å². The molecule has 76 valence electrons. The molecule has 4 heteroatoms. The van der Waals surface area contributed by atoms with E-state index >= 15 is 0 Å². The molecular formula is C10H12BrNO2. The van der Waals surface area contributed by atoms with Crippen LogP contribution in [0.1, 0.15) is 30.1 Å². The van der Waals surface area contributed by atoms with Crippen LogP contribution in [0.15, 0.2) is 21.4 Å². The SMILES string of the molecule is CC1(CNC(=O)c2ccoc2Br)CC1. The fourth-order valence-corrected chi connectivity index (χ4v) is 1.65. The van der Waals surface area contributed by atoms with Gasteiger partial charge in [-0.1, -0.05) is 6.92 Å². The Labute approximate surface area is 91.0 Å². The minimum absolute atomic E-state index is 0.0706. The second-order valence-electron chi connectivity index (χ2n) is 4.10. The van der Waals surface area contributed by atoms with E-state index in [0.717, 1.165) is 6.54 Å². The molecule has 0 saturated heterocycles. The second kappa shape index (κ2) is 3.42. The maximum Gasteiger partial charge on any atom is 0.255 e. The first-order valence-electron chi connectivity index (χ1n) is 4.62. The molecule has 0 unspecified atom stereocenters. The van der Waals surface area contributed by atoms with Gasteiger partial charge in [-0.3, -0.25) is 4.79 Å². The summed E-state index contributed by atoms with van der Waals surface area (Å²) in [6.07, 6.45) is 3.91. The van der Waals surface area contributed by atoms with Crippen molar-refractivity contribution in [2.45, 2.75) is 19.8 Å². The molecule has 1 fully saturated rings. The number of hydrogen-bond donors (Lipinski definition) is 1. The molecule has 0 radical (unpaired) electrons. The molecule has 0 atom stereocenters. The lowest BCUT2D eigenvalue weighted by molar-refractivity contribution is 0.0944. The smallest absolute Gasteiger partial charge is 0.255 e. The minimum Gasteiger partial charge on any atom is -0.457 e. The predicted octanol–water partition coefficient (Wildman–Crippen LogP) is 2.57. The van der Waals surface area contributed by atoms with Gasteiger partial charge in [-0.25, -0.2) is 0 Å². The van der Waals surface area contributed by atoms with Crippen molar-refractivity contribution >= 4 is 21.8 Å². The lowest BCUT2D eigenvalue weighted by Crippen LogP contribution is -2.28. The zero-order valence-corrected chi connectivity index (χ0v) is 9.56. The Bertz CT molecular complexity index is 355. The quantitative estimate of drug-likeness (QED) is 0.905. The van der Waals surface area contributed by atoms with Crippen molar-refractivity contribution in [1.29, 1.82) is 0 Å². The highest BCUT2D eigenvalue weighted by Crippen LogP contribution is 2.44. The van der Waals surface area contributed by atoms with E-state index in [0.29, 0.717) is 15.6 Å². The number of rotatable bonds is 3. The van der Waals surface area contributed by atoms with Gasteiger partial charge in [0, 0.05) is 6.54 Å². The molecule has 1 aliphatic carbocycles. The second-order valence-corrected chi connectivity index (χ2v) is 4.82. The lowest BCUT2D eigenvalue weighted by Gasteiger charge is -2.08. The Morgan fingerprint density at radius 3 is 2.93 bits per heavy atom. The van der Waals surface area contributed by atoms with Crippen molar-refractivity contribution in [3.05, 3.63) is 22.6 Å². The molecular weight excluding hydrogens is 246 g/mol. The number of carbonyl (C=O) groups excluding carboxylic acids is 1. The standard InChI is InChI=1S/C10H12BrNO2/c1-10(3-4-10)6-12-9(13)7-2-5-14-8(7)11/h2,5H,3-4,6H2,1H3,(H,12,13). The molecule has 2 rings (SSSR count). The summed E-state index contributed by atoms with van der Waals surface area (Å²) in [6, 6.07) is 1.66. The van der Waals surface area contributed by atoms with E-state index in [9.17, 15) is 4.79 Å². The maximum absolute atomic E-state index is 11.6. The molecule has 14 heavy (non-hydrogen) atoms. The number of halogens is 1. The van der Waals surface area contributed by atoms with Gasteiger partial charge in [-0.15, -0.1) is 0 Å². The van der Waals surface area contributed by atoms with E-state index < -0.39 is 0 Å². The van der Waals surface area contributed by atoms with Gasteiger partial charge in [-0.2, -0.15) is 0 Å². The molecule has 1 aromatic heterocycles. The van der Waals surface area contributed by atoms with Gasteiger partial charge < -0.3 is 9.73 Å². The number of carbonyl (C=O) groups is 1. The molecule has 3 nitrogen and oxygen atoms in total. The third kappa shape index (κ3) is 2.00. The summed E-state index contributed by atoms with van der Waals surface area (Å²) >= 11 is 3.18. The summed E-state index contributed by atoms with van der Waals surface area (Å²) in [5.41, 5.74) is 0.903. The van der Waals surface area contributed by atoms with Crippen LogP contribution in [0.3, 0.4) is 0 Å². The van der Waals surface area contributed by atoms with E-state index in [1.165, 1.54) is 19.1 Å². The third-order valence-electron chi connectivity index (χ3n) is 2.64. The van der Waals surface area contributed by atoms with Gasteiger partial charge in [0.25, 0.3) is 5.91 Å². The van der Waals surface area contributed by atoms with E-state index in [1.807, 2.05) is 0 Å². The van der Waals surface area contributed by atoms with Gasteiger partial charge in [0.05, 0.1) is 11.8 Å². The zero-order valence-electron chi connectivity index (χ0n) is 7.97. The van der Waals surface area contributed by atoms with Crippen molar-refractivity contribution in [3.8, 4) is 0 Å². The molecule has 1 amide bonds. The Morgan fingerprint density at radius 2 is 2.43 bits per heavy atom. The van der Waals surface area contributed by atoms with Crippen molar-refractivity contribution in [1.82, 2.24) is 5.32 Å². The predicted molar refractivity (Wildman–Crippen MR) is 56.1 cm³/mol. The molecule has 1 aliphatic rings. The van der Waals surface area contributed by atoms with Crippen LogP contribution in [-0.4, -0.2) is 12.5 Å². The fraction of sp³-hybridized carbons (Fsp3) is 0.500. The van der Waals surface area contributed by atoms with Crippen molar-refractivity contribution in [2.24, 2.45) is 5.41 Å². The molecule has 1 saturated carbocycles. The highest BCUT2D eigenvalue weighted by molar-refractivity contribution is 9.10. The van der Waals surface area contributed by atoms with E-state index in [1.54, 1.807) is 6.07 Å². The largest absolute Gasteiger partial charge is 0.457 e. The average molecular weight is 258 g/mol. The van der Waals surface area contributed by atoms with Crippen molar-refractivity contribution < 1.29 is 9.21 Å². The van der Waals surface area contributed by atoms with Crippen LogP contribution in [-0.2, 0) is 0 Å². The number of hydrogen-bond acceptors (Lipinski definition) is 2. The van der Waals surface area contributed by atoms with Crippen LogP contribution in [0, 0.1) is 5.41 Å². The summed E-state index contributed by atoms with van der Waals surface area (Å²) < 4.78 is 5.49. The molecule has 1 heterocycles. The van der Waals surface area contributed by atoms with Crippen LogP contribution in [0.2, 0.25) is 0 Å².